The van der Waals surface area contributed by atoms with E-state index in [0.29, 0.717) is 0 Å². The number of hydrogen-bond acceptors (Lipinski definition) is 1. The van der Waals surface area contributed by atoms with Crippen molar-refractivity contribution in [1.82, 2.24) is 5.32 Å². The third kappa shape index (κ3) is 26.7. The third-order valence-corrected chi connectivity index (χ3v) is 6.73. The predicted octanol–water partition coefficient (Wildman–Crippen LogP) is 10.5. The monoisotopic (exact) mass is 539 g/mol. The molecule has 3 unspecified atom stereocenters. The van der Waals surface area contributed by atoms with Gasteiger partial charge in [-0.3, -0.25) is 0 Å². The van der Waals surface area contributed by atoms with Gasteiger partial charge in [-0.2, -0.15) is 0 Å². The van der Waals surface area contributed by atoms with Gasteiger partial charge in [0.25, 0.3) is 0 Å². The van der Waals surface area contributed by atoms with Crippen LogP contribution < -0.4 is 5.32 Å². The van der Waals surface area contributed by atoms with Crippen LogP contribution >= 0.6 is 22.6 Å². The fraction of sp³-hybridized carbons (Fsp3) is 1.00. The maximum absolute atomic E-state index is 3.60. The van der Waals surface area contributed by atoms with Crippen molar-refractivity contribution in [3.05, 3.63) is 0 Å². The highest BCUT2D eigenvalue weighted by Crippen LogP contribution is 2.30. The van der Waals surface area contributed by atoms with Gasteiger partial charge >= 0.3 is 0 Å². The zero-order valence-electron chi connectivity index (χ0n) is 22.6. The van der Waals surface area contributed by atoms with Crippen LogP contribution in [0.15, 0.2) is 0 Å². The molecule has 1 saturated carbocycles. The van der Waals surface area contributed by atoms with E-state index in [-0.39, 0.29) is 0 Å². The van der Waals surface area contributed by atoms with E-state index in [4.69, 9.17) is 0 Å². The van der Waals surface area contributed by atoms with Crippen molar-refractivity contribution in [2.45, 2.75) is 145 Å². The third-order valence-electron chi connectivity index (χ3n) is 6.11. The van der Waals surface area contributed by atoms with Gasteiger partial charge in [0.05, 0.1) is 0 Å². The summed E-state index contributed by atoms with van der Waals surface area (Å²) in [6, 6.07) is 0. The van der Waals surface area contributed by atoms with E-state index >= 15 is 0 Å². The Kier molecular flexibility index (Phi) is 37.5. The van der Waals surface area contributed by atoms with E-state index in [1.165, 1.54) is 107 Å². The van der Waals surface area contributed by atoms with E-state index in [2.05, 4.69) is 69.5 Å². The van der Waals surface area contributed by atoms with Crippen LogP contribution in [-0.2, 0) is 0 Å². The van der Waals surface area contributed by atoms with Crippen molar-refractivity contribution in [2.75, 3.05) is 17.5 Å². The molecule has 0 spiro atoms. The van der Waals surface area contributed by atoms with Crippen LogP contribution in [0.5, 0.6) is 0 Å². The van der Waals surface area contributed by atoms with E-state index < -0.39 is 0 Å². The lowest BCUT2D eigenvalue weighted by atomic mass is 9.80. The molecule has 30 heavy (non-hydrogen) atoms. The molecule has 1 fully saturated rings. The highest BCUT2D eigenvalue weighted by molar-refractivity contribution is 14.1. The van der Waals surface area contributed by atoms with Crippen LogP contribution in [0, 0.1) is 17.8 Å². The summed E-state index contributed by atoms with van der Waals surface area (Å²) in [5, 5.41) is 3.60. The lowest BCUT2D eigenvalue weighted by Gasteiger charge is -2.28. The quantitative estimate of drug-likeness (QED) is 0.139. The van der Waals surface area contributed by atoms with Crippen LogP contribution in [-0.4, -0.2) is 17.5 Å². The molecule has 1 N–H and O–H groups in total. The topological polar surface area (TPSA) is 12.0 Å². The first-order chi connectivity index (χ1) is 14.6. The number of rotatable bonds is 13. The minimum absolute atomic E-state index is 0.977. The fourth-order valence-electron chi connectivity index (χ4n) is 4.04. The number of halogens is 1. The normalized spacial score (nSPS) is 18.7. The summed E-state index contributed by atoms with van der Waals surface area (Å²) in [4.78, 5) is 0. The molecule has 1 aliphatic carbocycles. The molecule has 2 heteroatoms. The lowest BCUT2D eigenvalue weighted by molar-refractivity contribution is 0.254. The first-order valence-corrected chi connectivity index (χ1v) is 15.4. The van der Waals surface area contributed by atoms with Crippen LogP contribution in [0.2, 0.25) is 0 Å². The van der Waals surface area contributed by atoms with Gasteiger partial charge in [-0.25, -0.2) is 0 Å². The number of unbranched alkanes of at least 4 members (excludes halogenated alkanes) is 3. The average Bonchev–Trinajstić information content (AvgIpc) is 2.79. The SMILES string of the molecule is CC.CCCC(CC)CCI.CCCCC.CCCCNCC1CCCC(CC)C1. The van der Waals surface area contributed by atoms with Crippen LogP contribution in [0.4, 0.5) is 0 Å². The minimum atomic E-state index is 0.977. The second-order valence-corrected chi connectivity index (χ2v) is 9.84. The minimum Gasteiger partial charge on any atom is -0.316 e. The summed E-state index contributed by atoms with van der Waals surface area (Å²) in [6.07, 6.45) is 19.6. The van der Waals surface area contributed by atoms with Gasteiger partial charge in [-0.05, 0) is 61.0 Å². The van der Waals surface area contributed by atoms with E-state index in [0.717, 1.165) is 17.8 Å². The Balaban J connectivity index is -0.000000392. The summed E-state index contributed by atoms with van der Waals surface area (Å²) in [7, 11) is 0. The van der Waals surface area contributed by atoms with E-state index in [9.17, 15) is 0 Å². The number of hydrogen-bond donors (Lipinski definition) is 1. The zero-order chi connectivity index (χ0) is 23.5. The molecule has 0 bridgehead atoms. The van der Waals surface area contributed by atoms with Crippen molar-refractivity contribution >= 4 is 22.6 Å². The molecular weight excluding hydrogens is 477 g/mol. The van der Waals surface area contributed by atoms with Crippen molar-refractivity contribution in [3.8, 4) is 0 Å². The van der Waals surface area contributed by atoms with E-state index in [1.54, 1.807) is 0 Å². The molecule has 0 aromatic rings. The summed E-state index contributed by atoms with van der Waals surface area (Å²) in [6.45, 7) is 20.1. The standard InChI is InChI=1S/C13H27N.C8H17I.C5H12.C2H6/c1-3-5-9-14-11-13-8-6-7-12(4-2)10-13;1-3-5-8(4-2)6-7-9;1-3-5-4-2;1-2/h12-14H,3-11H2,1-2H3;8H,3-7H2,1-2H3;3-5H2,1-2H3;1-2H3. The van der Waals surface area contributed by atoms with Crippen LogP contribution in [0.25, 0.3) is 0 Å². The smallest absolute Gasteiger partial charge is 0.000209 e. The summed E-state index contributed by atoms with van der Waals surface area (Å²) in [5.41, 5.74) is 0. The highest BCUT2D eigenvalue weighted by Gasteiger charge is 2.19. The summed E-state index contributed by atoms with van der Waals surface area (Å²) < 4.78 is 1.33. The van der Waals surface area contributed by atoms with Gasteiger partial charge in [0.15, 0.2) is 0 Å². The molecule has 0 aromatic carbocycles. The molecular formula is C28H62IN. The van der Waals surface area contributed by atoms with Gasteiger partial charge in [-0.15, -0.1) is 0 Å². The van der Waals surface area contributed by atoms with Gasteiger partial charge in [0, 0.05) is 0 Å². The molecule has 0 saturated heterocycles. The van der Waals surface area contributed by atoms with E-state index in [1.807, 2.05) is 13.8 Å². The number of alkyl halides is 1. The molecule has 3 atom stereocenters. The van der Waals surface area contributed by atoms with Crippen molar-refractivity contribution in [3.63, 3.8) is 0 Å². The molecule has 0 radical (unpaired) electrons. The van der Waals surface area contributed by atoms with Crippen LogP contribution in [0.1, 0.15) is 145 Å². The molecule has 1 aliphatic rings. The lowest BCUT2D eigenvalue weighted by Crippen LogP contribution is -2.27. The zero-order valence-corrected chi connectivity index (χ0v) is 24.8. The summed E-state index contributed by atoms with van der Waals surface area (Å²) in [5.74, 6) is 3.01. The van der Waals surface area contributed by atoms with Gasteiger partial charge in [-0.1, -0.05) is 142 Å². The largest absolute Gasteiger partial charge is 0.316 e. The first-order valence-electron chi connectivity index (χ1n) is 13.9. The van der Waals surface area contributed by atoms with Crippen molar-refractivity contribution < 1.29 is 0 Å². The molecule has 1 nitrogen and oxygen atoms in total. The van der Waals surface area contributed by atoms with Gasteiger partial charge in [0.1, 0.15) is 0 Å². The second-order valence-electron chi connectivity index (χ2n) is 8.76. The van der Waals surface area contributed by atoms with Crippen molar-refractivity contribution in [2.24, 2.45) is 17.8 Å². The van der Waals surface area contributed by atoms with Gasteiger partial charge < -0.3 is 5.32 Å². The predicted molar refractivity (Wildman–Crippen MR) is 152 cm³/mol. The maximum Gasteiger partial charge on any atom is -0.000209 e. The molecule has 1 rings (SSSR count). The summed E-state index contributed by atoms with van der Waals surface area (Å²) >= 11 is 2.47. The highest BCUT2D eigenvalue weighted by atomic mass is 127. The fourth-order valence-corrected chi connectivity index (χ4v) is 4.92. The Labute approximate surface area is 207 Å². The molecule has 0 aromatic heterocycles. The molecule has 186 valence electrons. The van der Waals surface area contributed by atoms with Gasteiger partial charge in [0.2, 0.25) is 0 Å². The molecule has 0 aliphatic heterocycles. The first kappa shape index (κ1) is 35.3. The van der Waals surface area contributed by atoms with Crippen LogP contribution in [0.3, 0.4) is 0 Å². The average molecular weight is 540 g/mol. The Bertz CT molecular complexity index is 261. The Morgan fingerprint density at radius 1 is 0.800 bits per heavy atom. The van der Waals surface area contributed by atoms with Crippen molar-refractivity contribution in [1.29, 1.82) is 0 Å². The second kappa shape index (κ2) is 31.9. The Morgan fingerprint density at radius 3 is 1.83 bits per heavy atom. The molecule has 0 amide bonds. The Morgan fingerprint density at radius 2 is 1.40 bits per heavy atom. The number of nitrogens with one attached hydrogen (secondary N) is 1. The molecule has 0 heterocycles. The Hall–Kier alpha value is 0.690. The maximum atomic E-state index is 3.60.